The summed E-state index contributed by atoms with van der Waals surface area (Å²) in [6.07, 6.45) is 0. The monoisotopic (exact) mass is 185 g/mol. The van der Waals surface area contributed by atoms with E-state index < -0.39 is 0 Å². The molecule has 0 unspecified atom stereocenters. The third-order valence-electron chi connectivity index (χ3n) is 1.27. The molecule has 74 valence electrons. The van der Waals surface area contributed by atoms with E-state index >= 15 is 0 Å². The summed E-state index contributed by atoms with van der Waals surface area (Å²) in [4.78, 5) is 3.99. The second-order valence-electron chi connectivity index (χ2n) is 3.72. The molecule has 13 heavy (non-hydrogen) atoms. The maximum Gasteiger partial charge on any atom is 0.252 e. The maximum atomic E-state index is 5.71. The van der Waals surface area contributed by atoms with E-state index in [2.05, 4.69) is 10.1 Å². The van der Waals surface area contributed by atoms with Gasteiger partial charge in [-0.3, -0.25) is 0 Å². The average Bonchev–Trinajstić information content (AvgIpc) is 2.33. The van der Waals surface area contributed by atoms with Gasteiger partial charge in [-0.25, -0.2) is 0 Å². The first-order valence-electron chi connectivity index (χ1n) is 4.13. The third-order valence-corrected chi connectivity index (χ3v) is 1.27. The summed E-state index contributed by atoms with van der Waals surface area (Å²) in [5, 5.41) is 3.63. The van der Waals surface area contributed by atoms with Crippen molar-refractivity contribution in [2.24, 2.45) is 5.73 Å². The summed E-state index contributed by atoms with van der Waals surface area (Å²) in [6, 6.07) is 0. The van der Waals surface area contributed by atoms with Crippen LogP contribution in [-0.2, 0) is 11.3 Å². The number of ether oxygens (including phenoxy) is 1. The lowest BCUT2D eigenvalue weighted by atomic mass is 10.1. The highest BCUT2D eigenvalue weighted by Gasteiger charge is 2.11. The molecular weight excluding hydrogens is 170 g/mol. The van der Waals surface area contributed by atoms with Crippen molar-refractivity contribution >= 4 is 0 Å². The van der Waals surface area contributed by atoms with Crippen molar-refractivity contribution in [1.82, 2.24) is 10.1 Å². The Morgan fingerprint density at radius 1 is 1.54 bits per heavy atom. The highest BCUT2D eigenvalue weighted by atomic mass is 16.5. The van der Waals surface area contributed by atoms with Crippen molar-refractivity contribution in [3.05, 3.63) is 11.7 Å². The largest absolute Gasteiger partial charge is 0.370 e. The smallest absolute Gasteiger partial charge is 0.252 e. The Kier molecular flexibility index (Phi) is 3.00. The minimum atomic E-state index is -0.324. The summed E-state index contributed by atoms with van der Waals surface area (Å²) in [6.45, 7) is 6.34. The van der Waals surface area contributed by atoms with Gasteiger partial charge >= 0.3 is 0 Å². The SMILES string of the molecule is Cc1noc(COCC(C)(C)N)n1. The third kappa shape index (κ3) is 4.00. The minimum Gasteiger partial charge on any atom is -0.370 e. The van der Waals surface area contributed by atoms with E-state index in [1.165, 1.54) is 0 Å². The molecule has 0 saturated carbocycles. The van der Waals surface area contributed by atoms with Gasteiger partial charge in [-0.2, -0.15) is 4.98 Å². The van der Waals surface area contributed by atoms with E-state index in [4.69, 9.17) is 15.0 Å². The van der Waals surface area contributed by atoms with Gasteiger partial charge in [0.15, 0.2) is 5.82 Å². The number of rotatable bonds is 4. The first-order valence-corrected chi connectivity index (χ1v) is 4.13. The molecule has 0 aliphatic heterocycles. The molecule has 1 rings (SSSR count). The molecule has 1 aromatic heterocycles. The second kappa shape index (κ2) is 3.85. The Labute approximate surface area is 77.3 Å². The standard InChI is InChI=1S/C8H15N3O2/c1-6-10-7(13-11-6)4-12-5-8(2,3)9/h4-5,9H2,1-3H3. The lowest BCUT2D eigenvalue weighted by Gasteiger charge is -2.17. The molecule has 0 radical (unpaired) electrons. The van der Waals surface area contributed by atoms with Crippen LogP contribution in [-0.4, -0.2) is 22.3 Å². The average molecular weight is 185 g/mol. The van der Waals surface area contributed by atoms with E-state index in [9.17, 15) is 0 Å². The molecular formula is C8H15N3O2. The number of hydrogen-bond donors (Lipinski definition) is 1. The van der Waals surface area contributed by atoms with E-state index in [1.807, 2.05) is 13.8 Å². The Morgan fingerprint density at radius 2 is 2.23 bits per heavy atom. The van der Waals surface area contributed by atoms with Crippen molar-refractivity contribution in [2.75, 3.05) is 6.61 Å². The quantitative estimate of drug-likeness (QED) is 0.744. The van der Waals surface area contributed by atoms with Gasteiger partial charge in [-0.15, -0.1) is 0 Å². The molecule has 2 N–H and O–H groups in total. The van der Waals surface area contributed by atoms with Crippen LogP contribution in [0.5, 0.6) is 0 Å². The zero-order valence-corrected chi connectivity index (χ0v) is 8.20. The summed E-state index contributed by atoms with van der Waals surface area (Å²) in [5.74, 6) is 1.10. The number of nitrogens with two attached hydrogens (primary N) is 1. The predicted molar refractivity (Wildman–Crippen MR) is 47.0 cm³/mol. The topological polar surface area (TPSA) is 74.2 Å². The van der Waals surface area contributed by atoms with Gasteiger partial charge in [0.25, 0.3) is 5.89 Å². The first-order chi connectivity index (χ1) is 5.97. The first kappa shape index (κ1) is 10.1. The molecule has 0 aromatic carbocycles. The fourth-order valence-electron chi connectivity index (χ4n) is 0.800. The molecule has 5 nitrogen and oxygen atoms in total. The van der Waals surface area contributed by atoms with Crippen LogP contribution >= 0.6 is 0 Å². The fourth-order valence-corrected chi connectivity index (χ4v) is 0.800. The highest BCUT2D eigenvalue weighted by Crippen LogP contribution is 2.02. The van der Waals surface area contributed by atoms with Crippen LogP contribution in [0.25, 0.3) is 0 Å². The van der Waals surface area contributed by atoms with Crippen molar-refractivity contribution in [3.8, 4) is 0 Å². The number of aromatic nitrogens is 2. The summed E-state index contributed by atoms with van der Waals surface area (Å²) in [7, 11) is 0. The maximum absolute atomic E-state index is 5.71. The Balaban J connectivity index is 2.28. The van der Waals surface area contributed by atoms with Gasteiger partial charge in [0.2, 0.25) is 0 Å². The van der Waals surface area contributed by atoms with Gasteiger partial charge < -0.3 is 15.0 Å². The van der Waals surface area contributed by atoms with Gasteiger partial charge in [0.05, 0.1) is 6.61 Å². The summed E-state index contributed by atoms with van der Waals surface area (Å²) >= 11 is 0. The highest BCUT2D eigenvalue weighted by molar-refractivity contribution is 4.80. The molecule has 0 aliphatic carbocycles. The van der Waals surface area contributed by atoms with E-state index in [0.717, 1.165) is 0 Å². The molecule has 0 saturated heterocycles. The van der Waals surface area contributed by atoms with E-state index in [-0.39, 0.29) is 5.54 Å². The van der Waals surface area contributed by atoms with Crippen molar-refractivity contribution in [1.29, 1.82) is 0 Å². The van der Waals surface area contributed by atoms with Crippen LogP contribution in [0.2, 0.25) is 0 Å². The van der Waals surface area contributed by atoms with Gasteiger partial charge in [0, 0.05) is 5.54 Å². The zero-order chi connectivity index (χ0) is 9.90. The molecule has 0 atom stereocenters. The molecule has 0 bridgehead atoms. The van der Waals surface area contributed by atoms with Crippen LogP contribution in [0.1, 0.15) is 25.6 Å². The Hall–Kier alpha value is -0.940. The lowest BCUT2D eigenvalue weighted by Crippen LogP contribution is -2.37. The summed E-state index contributed by atoms with van der Waals surface area (Å²) < 4.78 is 10.1. The Bertz CT molecular complexity index is 265. The van der Waals surface area contributed by atoms with E-state index in [0.29, 0.717) is 24.9 Å². The number of hydrogen-bond acceptors (Lipinski definition) is 5. The van der Waals surface area contributed by atoms with Gasteiger partial charge in [-0.1, -0.05) is 5.16 Å². The molecule has 0 fully saturated rings. The predicted octanol–water partition coefficient (Wildman–Crippen LogP) is 0.632. The molecule has 0 aliphatic rings. The van der Waals surface area contributed by atoms with Crippen LogP contribution in [0.3, 0.4) is 0 Å². The molecule has 5 heteroatoms. The lowest BCUT2D eigenvalue weighted by molar-refractivity contribution is 0.0674. The van der Waals surface area contributed by atoms with Crippen LogP contribution in [0.15, 0.2) is 4.52 Å². The Morgan fingerprint density at radius 3 is 2.69 bits per heavy atom. The second-order valence-corrected chi connectivity index (χ2v) is 3.72. The minimum absolute atomic E-state index is 0.321. The van der Waals surface area contributed by atoms with Crippen LogP contribution in [0.4, 0.5) is 0 Å². The normalized spacial score (nSPS) is 12.0. The van der Waals surface area contributed by atoms with Crippen LogP contribution in [0, 0.1) is 6.92 Å². The number of aryl methyl sites for hydroxylation is 1. The van der Waals surface area contributed by atoms with E-state index in [1.54, 1.807) is 6.92 Å². The zero-order valence-electron chi connectivity index (χ0n) is 8.20. The van der Waals surface area contributed by atoms with Gasteiger partial charge in [0.1, 0.15) is 6.61 Å². The van der Waals surface area contributed by atoms with Crippen molar-refractivity contribution in [2.45, 2.75) is 32.9 Å². The molecule has 0 amide bonds. The van der Waals surface area contributed by atoms with Crippen LogP contribution < -0.4 is 5.73 Å². The fraction of sp³-hybridized carbons (Fsp3) is 0.750. The molecule has 1 aromatic rings. The van der Waals surface area contributed by atoms with Crippen molar-refractivity contribution in [3.63, 3.8) is 0 Å². The molecule has 0 spiro atoms. The molecule has 1 heterocycles. The van der Waals surface area contributed by atoms with Crippen molar-refractivity contribution < 1.29 is 9.26 Å². The van der Waals surface area contributed by atoms with Gasteiger partial charge in [-0.05, 0) is 20.8 Å². The summed E-state index contributed by atoms with van der Waals surface area (Å²) in [5.41, 5.74) is 5.39. The number of nitrogens with zero attached hydrogens (tertiary/aromatic N) is 2.